The fourth-order valence-corrected chi connectivity index (χ4v) is 6.21. The fourth-order valence-electron chi connectivity index (χ4n) is 6.21. The lowest BCUT2D eigenvalue weighted by molar-refractivity contribution is -0.135. The average Bonchev–Trinajstić information content (AvgIpc) is 3.66. The maximum atomic E-state index is 13.6. The van der Waals surface area contributed by atoms with E-state index in [2.05, 4.69) is 48.5 Å². The molecule has 8 heteroatoms. The topological polar surface area (TPSA) is 84.2 Å². The van der Waals surface area contributed by atoms with Crippen LogP contribution < -0.4 is 0 Å². The van der Waals surface area contributed by atoms with Crippen molar-refractivity contribution in [2.75, 3.05) is 52.4 Å². The van der Waals surface area contributed by atoms with Gasteiger partial charge in [0.25, 0.3) is 0 Å². The molecule has 2 N–H and O–H groups in total. The first kappa shape index (κ1) is 26.9. The van der Waals surface area contributed by atoms with Gasteiger partial charge in [0, 0.05) is 50.7 Å². The van der Waals surface area contributed by atoms with E-state index >= 15 is 0 Å². The maximum absolute atomic E-state index is 13.6. The van der Waals surface area contributed by atoms with Crippen LogP contribution in [0.5, 0.6) is 0 Å². The van der Waals surface area contributed by atoms with Crippen molar-refractivity contribution in [3.8, 4) is 0 Å². The molecule has 0 bridgehead atoms. The summed E-state index contributed by atoms with van der Waals surface area (Å²) in [6.45, 7) is 13.7. The second kappa shape index (κ2) is 13.4. The zero-order chi connectivity index (χ0) is 25.2. The number of imidazole rings is 2. The van der Waals surface area contributed by atoms with Crippen LogP contribution in [0.1, 0.15) is 70.4 Å². The number of hydrogen-bond donors (Lipinski definition) is 2. The summed E-state index contributed by atoms with van der Waals surface area (Å²) in [4.78, 5) is 36.2. The van der Waals surface area contributed by atoms with Crippen molar-refractivity contribution in [3.05, 3.63) is 36.4 Å². The lowest BCUT2D eigenvalue weighted by Gasteiger charge is -2.39. The molecule has 0 radical (unpaired) electrons. The van der Waals surface area contributed by atoms with Gasteiger partial charge in [-0.05, 0) is 89.6 Å². The fraction of sp³-hybridized carbons (Fsp3) is 0.750. The van der Waals surface area contributed by atoms with Crippen LogP contribution in [0.3, 0.4) is 0 Å². The molecule has 2 aromatic heterocycles. The summed E-state index contributed by atoms with van der Waals surface area (Å²) in [6.07, 6.45) is 17.1. The molecule has 1 amide bonds. The van der Waals surface area contributed by atoms with Crippen molar-refractivity contribution >= 4 is 5.91 Å². The number of H-pyrrole nitrogens is 2. The standard InChI is InChI=1S/C28H47N7O/c1-3-14-33(15-4-2)16-5-6-17-34-18-7-28(8-19-34)9-20-35(23-28)27(36)24(21-25-29-10-11-30-25)22-26-31-12-13-32-26/h10-13,24H,3-9,14-23H2,1-2H3,(H,29,30)(H,31,32). The molecular weight excluding hydrogens is 450 g/mol. The Morgan fingerprint density at radius 3 is 2.11 bits per heavy atom. The number of unbranched alkanes of at least 4 members (excludes halogenated alkanes) is 1. The molecule has 0 atom stereocenters. The molecule has 1 spiro atoms. The second-order valence-electron chi connectivity index (χ2n) is 11.1. The van der Waals surface area contributed by atoms with Crippen molar-refractivity contribution in [1.29, 1.82) is 0 Å². The first-order valence-corrected chi connectivity index (χ1v) is 14.3. The van der Waals surface area contributed by atoms with Gasteiger partial charge >= 0.3 is 0 Å². The SMILES string of the molecule is CCCN(CCC)CCCCN1CCC2(CC1)CCN(C(=O)C(Cc1ncc[nH]1)Cc1ncc[nH]1)C2. The van der Waals surface area contributed by atoms with Gasteiger partial charge in [0.1, 0.15) is 11.6 Å². The van der Waals surface area contributed by atoms with E-state index < -0.39 is 0 Å². The number of piperidine rings is 1. The molecule has 200 valence electrons. The van der Waals surface area contributed by atoms with E-state index in [0.29, 0.717) is 18.3 Å². The second-order valence-corrected chi connectivity index (χ2v) is 11.1. The summed E-state index contributed by atoms with van der Waals surface area (Å²) in [6, 6.07) is 0. The highest BCUT2D eigenvalue weighted by molar-refractivity contribution is 5.79. The highest BCUT2D eigenvalue weighted by atomic mass is 16.2. The first-order valence-electron chi connectivity index (χ1n) is 14.3. The van der Waals surface area contributed by atoms with Crippen molar-refractivity contribution in [1.82, 2.24) is 34.6 Å². The van der Waals surface area contributed by atoms with Gasteiger partial charge in [-0.1, -0.05) is 13.8 Å². The van der Waals surface area contributed by atoms with E-state index in [1.165, 1.54) is 77.8 Å². The summed E-state index contributed by atoms with van der Waals surface area (Å²) in [7, 11) is 0. The molecule has 0 unspecified atom stereocenters. The van der Waals surface area contributed by atoms with Crippen molar-refractivity contribution < 1.29 is 4.79 Å². The summed E-state index contributed by atoms with van der Waals surface area (Å²) >= 11 is 0. The molecule has 2 aromatic rings. The predicted octanol–water partition coefficient (Wildman–Crippen LogP) is 3.75. The Labute approximate surface area is 217 Å². The van der Waals surface area contributed by atoms with Gasteiger partial charge in [-0.15, -0.1) is 0 Å². The van der Waals surface area contributed by atoms with E-state index in [-0.39, 0.29) is 11.8 Å². The Bertz CT molecular complexity index is 832. The number of carbonyl (C=O) groups excluding carboxylic acids is 1. The molecule has 0 aliphatic carbocycles. The third-order valence-electron chi connectivity index (χ3n) is 8.28. The van der Waals surface area contributed by atoms with Gasteiger partial charge < -0.3 is 24.7 Å². The summed E-state index contributed by atoms with van der Waals surface area (Å²) in [5.74, 6) is 1.85. The normalized spacial score (nSPS) is 18.2. The molecule has 2 fully saturated rings. The summed E-state index contributed by atoms with van der Waals surface area (Å²) in [5.41, 5.74) is 0.311. The van der Waals surface area contributed by atoms with Gasteiger partial charge in [0.15, 0.2) is 0 Å². The summed E-state index contributed by atoms with van der Waals surface area (Å²) < 4.78 is 0. The molecule has 0 aromatic carbocycles. The van der Waals surface area contributed by atoms with Gasteiger partial charge in [-0.25, -0.2) is 9.97 Å². The number of amides is 1. The Hall–Kier alpha value is -2.19. The smallest absolute Gasteiger partial charge is 0.226 e. The number of aromatic amines is 2. The van der Waals surface area contributed by atoms with Crippen LogP contribution in [0.4, 0.5) is 0 Å². The Morgan fingerprint density at radius 2 is 1.56 bits per heavy atom. The number of carbonyl (C=O) groups is 1. The van der Waals surface area contributed by atoms with E-state index in [4.69, 9.17) is 0 Å². The van der Waals surface area contributed by atoms with Crippen LogP contribution in [0.25, 0.3) is 0 Å². The van der Waals surface area contributed by atoms with Crippen molar-refractivity contribution in [3.63, 3.8) is 0 Å². The number of nitrogens with zero attached hydrogens (tertiary/aromatic N) is 5. The molecule has 2 saturated heterocycles. The number of hydrogen-bond acceptors (Lipinski definition) is 5. The van der Waals surface area contributed by atoms with E-state index in [1.54, 1.807) is 12.4 Å². The quantitative estimate of drug-likeness (QED) is 0.389. The van der Waals surface area contributed by atoms with Crippen LogP contribution in [-0.2, 0) is 17.6 Å². The van der Waals surface area contributed by atoms with E-state index in [9.17, 15) is 4.79 Å². The van der Waals surface area contributed by atoms with Crippen LogP contribution in [0.15, 0.2) is 24.8 Å². The third kappa shape index (κ3) is 7.42. The van der Waals surface area contributed by atoms with Crippen molar-refractivity contribution in [2.24, 2.45) is 11.3 Å². The first-order chi connectivity index (χ1) is 17.6. The predicted molar refractivity (Wildman–Crippen MR) is 144 cm³/mol. The minimum atomic E-state index is -0.141. The van der Waals surface area contributed by atoms with Crippen LogP contribution in [-0.4, -0.2) is 92.9 Å². The lowest BCUT2D eigenvalue weighted by atomic mass is 9.77. The minimum Gasteiger partial charge on any atom is -0.349 e. The Kier molecular flexibility index (Phi) is 9.98. The van der Waals surface area contributed by atoms with Crippen LogP contribution in [0, 0.1) is 11.3 Å². The molecule has 4 rings (SSSR count). The number of nitrogens with one attached hydrogen (secondary N) is 2. The highest BCUT2D eigenvalue weighted by Gasteiger charge is 2.43. The Balaban J connectivity index is 1.23. The third-order valence-corrected chi connectivity index (χ3v) is 8.28. The number of likely N-dealkylation sites (tertiary alicyclic amines) is 2. The van der Waals surface area contributed by atoms with Crippen LogP contribution in [0.2, 0.25) is 0 Å². The Morgan fingerprint density at radius 1 is 0.944 bits per heavy atom. The number of aromatic nitrogens is 4. The summed E-state index contributed by atoms with van der Waals surface area (Å²) in [5, 5.41) is 0. The largest absolute Gasteiger partial charge is 0.349 e. The van der Waals surface area contributed by atoms with E-state index in [1.807, 2.05) is 12.4 Å². The highest BCUT2D eigenvalue weighted by Crippen LogP contribution is 2.41. The van der Waals surface area contributed by atoms with Gasteiger partial charge in [0.2, 0.25) is 5.91 Å². The molecule has 2 aliphatic heterocycles. The molecule has 36 heavy (non-hydrogen) atoms. The maximum Gasteiger partial charge on any atom is 0.226 e. The number of rotatable bonds is 14. The molecule has 4 heterocycles. The zero-order valence-electron chi connectivity index (χ0n) is 22.6. The minimum absolute atomic E-state index is 0.141. The molecule has 0 saturated carbocycles. The van der Waals surface area contributed by atoms with Crippen LogP contribution >= 0.6 is 0 Å². The monoisotopic (exact) mass is 497 g/mol. The average molecular weight is 498 g/mol. The van der Waals surface area contributed by atoms with Gasteiger partial charge in [-0.3, -0.25) is 4.79 Å². The van der Waals surface area contributed by atoms with Crippen molar-refractivity contribution in [2.45, 2.75) is 71.6 Å². The molecule has 8 nitrogen and oxygen atoms in total. The van der Waals surface area contributed by atoms with E-state index in [0.717, 1.165) is 31.2 Å². The lowest BCUT2D eigenvalue weighted by Crippen LogP contribution is -2.43. The van der Waals surface area contributed by atoms with Gasteiger partial charge in [0.05, 0.1) is 5.92 Å². The zero-order valence-corrected chi connectivity index (χ0v) is 22.6. The molecular formula is C28H47N7O. The molecule has 2 aliphatic rings. The van der Waals surface area contributed by atoms with Gasteiger partial charge in [-0.2, -0.15) is 0 Å².